The second kappa shape index (κ2) is 5.67. The van der Waals surface area contributed by atoms with Crippen LogP contribution in [0.5, 0.6) is 0 Å². The Hall–Kier alpha value is -1.33. The number of nitrogens with zero attached hydrogens (tertiary/aromatic N) is 1. The minimum absolute atomic E-state index is 0.553. The van der Waals surface area contributed by atoms with E-state index in [1.165, 1.54) is 5.56 Å². The van der Waals surface area contributed by atoms with Gasteiger partial charge in [-0.15, -0.1) is 0 Å². The van der Waals surface area contributed by atoms with E-state index in [4.69, 9.17) is 5.26 Å². The van der Waals surface area contributed by atoms with E-state index in [0.29, 0.717) is 12.8 Å². The van der Waals surface area contributed by atoms with Crippen molar-refractivity contribution in [3.05, 3.63) is 35.9 Å². The summed E-state index contributed by atoms with van der Waals surface area (Å²) >= 11 is 0. The second-order valence-corrected chi connectivity index (χ2v) is 4.42. The minimum Gasteiger partial charge on any atom is -0.391 e. The van der Waals surface area contributed by atoms with E-state index in [2.05, 4.69) is 6.07 Å². The summed E-state index contributed by atoms with van der Waals surface area (Å²) in [7, 11) is 0. The maximum Gasteiger partial charge on any atom is 0.0801 e. The van der Waals surface area contributed by atoms with Crippen molar-refractivity contribution in [2.75, 3.05) is 0 Å². The van der Waals surface area contributed by atoms with Crippen LogP contribution in [0.4, 0.5) is 0 Å². The molecule has 1 aromatic rings. The lowest BCUT2D eigenvalue weighted by Crippen LogP contribution is -2.30. The van der Waals surface area contributed by atoms with E-state index in [-0.39, 0.29) is 0 Å². The number of benzene rings is 1. The van der Waals surface area contributed by atoms with Crippen molar-refractivity contribution in [2.24, 2.45) is 5.41 Å². The number of hydrogen-bond donors (Lipinski definition) is 1. The molecule has 2 heteroatoms. The summed E-state index contributed by atoms with van der Waals surface area (Å²) in [6, 6.07) is 12.3. The van der Waals surface area contributed by atoms with Gasteiger partial charge >= 0.3 is 0 Å². The second-order valence-electron chi connectivity index (χ2n) is 4.42. The molecule has 1 aromatic carbocycles. The lowest BCUT2D eigenvalue weighted by Gasteiger charge is -2.26. The molecular weight excluding hydrogens is 198 g/mol. The highest BCUT2D eigenvalue weighted by Crippen LogP contribution is 2.27. The molecule has 0 spiro atoms. The van der Waals surface area contributed by atoms with Crippen LogP contribution in [-0.2, 0) is 6.42 Å². The fourth-order valence-electron chi connectivity index (χ4n) is 1.66. The maximum atomic E-state index is 10.0. The van der Waals surface area contributed by atoms with Crippen molar-refractivity contribution in [3.63, 3.8) is 0 Å². The van der Waals surface area contributed by atoms with Gasteiger partial charge < -0.3 is 5.11 Å². The Morgan fingerprint density at radius 2 is 2.00 bits per heavy atom. The standard InChI is InChI=1S/C14H19NO/c1-3-14(2,11-15)13(16)10-9-12-7-5-4-6-8-12/h4-8,13,16H,3,9-10H2,1-2H3. The van der Waals surface area contributed by atoms with Crippen LogP contribution < -0.4 is 0 Å². The van der Waals surface area contributed by atoms with Gasteiger partial charge in [-0.05, 0) is 31.7 Å². The van der Waals surface area contributed by atoms with E-state index in [9.17, 15) is 5.11 Å². The first-order valence-electron chi connectivity index (χ1n) is 5.75. The first kappa shape index (κ1) is 12.7. The molecule has 0 amide bonds. The third-order valence-electron chi connectivity index (χ3n) is 3.27. The average Bonchev–Trinajstić information content (AvgIpc) is 2.36. The zero-order valence-electron chi connectivity index (χ0n) is 9.98. The summed E-state index contributed by atoms with van der Waals surface area (Å²) in [6.45, 7) is 3.76. The summed E-state index contributed by atoms with van der Waals surface area (Å²) in [4.78, 5) is 0. The monoisotopic (exact) mass is 217 g/mol. The zero-order chi connectivity index (χ0) is 12.0. The van der Waals surface area contributed by atoms with Gasteiger partial charge in [0.25, 0.3) is 0 Å². The molecule has 0 bridgehead atoms. The minimum atomic E-state index is -0.616. The predicted octanol–water partition coefficient (Wildman–Crippen LogP) is 2.92. The molecule has 0 radical (unpaired) electrons. The van der Waals surface area contributed by atoms with Gasteiger partial charge in [-0.2, -0.15) is 5.26 Å². The fourth-order valence-corrected chi connectivity index (χ4v) is 1.66. The Kier molecular flexibility index (Phi) is 4.52. The van der Waals surface area contributed by atoms with Gasteiger partial charge in [0.05, 0.1) is 17.6 Å². The third-order valence-corrected chi connectivity index (χ3v) is 3.27. The molecule has 0 aromatic heterocycles. The van der Waals surface area contributed by atoms with Gasteiger partial charge in [-0.25, -0.2) is 0 Å². The van der Waals surface area contributed by atoms with Gasteiger partial charge in [0, 0.05) is 0 Å². The molecule has 2 atom stereocenters. The Balaban J connectivity index is 2.54. The predicted molar refractivity (Wildman–Crippen MR) is 64.8 cm³/mol. The van der Waals surface area contributed by atoms with Crippen LogP contribution in [0.15, 0.2) is 30.3 Å². The summed E-state index contributed by atoms with van der Waals surface area (Å²) in [5.74, 6) is 0. The van der Waals surface area contributed by atoms with Crippen molar-refractivity contribution >= 4 is 0 Å². The normalized spacial score (nSPS) is 16.1. The number of aryl methyl sites for hydroxylation is 1. The molecule has 0 saturated heterocycles. The van der Waals surface area contributed by atoms with Crippen LogP contribution in [0, 0.1) is 16.7 Å². The first-order chi connectivity index (χ1) is 7.62. The molecule has 0 aliphatic carbocycles. The van der Waals surface area contributed by atoms with Gasteiger partial charge in [-0.3, -0.25) is 0 Å². The number of nitriles is 1. The Morgan fingerprint density at radius 3 is 2.50 bits per heavy atom. The van der Waals surface area contributed by atoms with Crippen LogP contribution in [-0.4, -0.2) is 11.2 Å². The van der Waals surface area contributed by atoms with Crippen LogP contribution in [0.3, 0.4) is 0 Å². The molecule has 0 aliphatic heterocycles. The largest absolute Gasteiger partial charge is 0.391 e. The van der Waals surface area contributed by atoms with Crippen molar-refractivity contribution in [3.8, 4) is 6.07 Å². The van der Waals surface area contributed by atoms with Crippen molar-refractivity contribution < 1.29 is 5.11 Å². The smallest absolute Gasteiger partial charge is 0.0801 e. The van der Waals surface area contributed by atoms with E-state index >= 15 is 0 Å². The van der Waals surface area contributed by atoms with E-state index in [0.717, 1.165) is 6.42 Å². The first-order valence-corrected chi connectivity index (χ1v) is 5.75. The molecule has 2 nitrogen and oxygen atoms in total. The molecule has 0 saturated carbocycles. The Labute approximate surface area is 97.5 Å². The molecule has 0 fully saturated rings. The quantitative estimate of drug-likeness (QED) is 0.824. The van der Waals surface area contributed by atoms with Crippen LogP contribution >= 0.6 is 0 Å². The lowest BCUT2D eigenvalue weighted by molar-refractivity contribution is 0.0651. The lowest BCUT2D eigenvalue weighted by atomic mass is 9.81. The molecular formula is C14H19NO. The molecule has 0 heterocycles. The maximum absolute atomic E-state index is 10.0. The SMILES string of the molecule is CCC(C)(C#N)C(O)CCc1ccccc1. The molecule has 0 aliphatic rings. The van der Waals surface area contributed by atoms with E-state index in [1.54, 1.807) is 0 Å². The van der Waals surface area contributed by atoms with Gasteiger partial charge in [0.1, 0.15) is 0 Å². The molecule has 2 unspecified atom stereocenters. The topological polar surface area (TPSA) is 44.0 Å². The number of hydrogen-bond acceptors (Lipinski definition) is 2. The van der Waals surface area contributed by atoms with Gasteiger partial charge in [0.2, 0.25) is 0 Å². The van der Waals surface area contributed by atoms with Crippen LogP contribution in [0.25, 0.3) is 0 Å². The summed E-state index contributed by atoms with van der Waals surface area (Å²) in [6.07, 6.45) is 1.59. The highest BCUT2D eigenvalue weighted by molar-refractivity contribution is 5.15. The Morgan fingerprint density at radius 1 is 1.38 bits per heavy atom. The highest BCUT2D eigenvalue weighted by Gasteiger charge is 2.30. The van der Waals surface area contributed by atoms with Crippen molar-refractivity contribution in [1.29, 1.82) is 5.26 Å². The molecule has 1 N–H and O–H groups in total. The molecule has 86 valence electrons. The Bertz CT molecular complexity index is 355. The van der Waals surface area contributed by atoms with Crippen molar-refractivity contribution in [2.45, 2.75) is 39.2 Å². The third kappa shape index (κ3) is 3.08. The van der Waals surface area contributed by atoms with Gasteiger partial charge in [-0.1, -0.05) is 37.3 Å². The van der Waals surface area contributed by atoms with Gasteiger partial charge in [0.15, 0.2) is 0 Å². The highest BCUT2D eigenvalue weighted by atomic mass is 16.3. The number of aliphatic hydroxyl groups excluding tert-OH is 1. The fraction of sp³-hybridized carbons (Fsp3) is 0.500. The van der Waals surface area contributed by atoms with E-state index in [1.807, 2.05) is 44.2 Å². The summed E-state index contributed by atoms with van der Waals surface area (Å²) < 4.78 is 0. The summed E-state index contributed by atoms with van der Waals surface area (Å²) in [5, 5.41) is 19.0. The summed E-state index contributed by atoms with van der Waals surface area (Å²) in [5.41, 5.74) is 0.590. The van der Waals surface area contributed by atoms with Crippen molar-refractivity contribution in [1.82, 2.24) is 0 Å². The average molecular weight is 217 g/mol. The molecule has 16 heavy (non-hydrogen) atoms. The van der Waals surface area contributed by atoms with E-state index < -0.39 is 11.5 Å². The van der Waals surface area contributed by atoms with Crippen LogP contribution in [0.1, 0.15) is 32.3 Å². The molecule has 1 rings (SSSR count). The zero-order valence-corrected chi connectivity index (χ0v) is 9.98. The number of rotatable bonds is 5. The number of aliphatic hydroxyl groups is 1. The van der Waals surface area contributed by atoms with Crippen LogP contribution in [0.2, 0.25) is 0 Å².